The zero-order chi connectivity index (χ0) is 16.2. The van der Waals surface area contributed by atoms with Crippen LogP contribution in [-0.2, 0) is 14.3 Å². The second-order valence-electron chi connectivity index (χ2n) is 5.61. The van der Waals surface area contributed by atoms with E-state index in [-0.39, 0.29) is 18.9 Å². The standard InChI is InChI=1S/C13H23N3O5/c1-7(2)4-9(15-13(14)20)11(18)16-6-8(17)5-10(16)12(19)21-3/h7-10,17H,4-6H2,1-3H3,(H3,14,15,20). The number of β-amino-alcohol motifs (C(OH)–C–C–N with tert-alkyl or cyclic N) is 1. The number of nitrogens with one attached hydrogen (secondary N) is 1. The fourth-order valence-corrected chi connectivity index (χ4v) is 2.48. The smallest absolute Gasteiger partial charge is 0.328 e. The lowest BCUT2D eigenvalue weighted by atomic mass is 10.0. The highest BCUT2D eigenvalue weighted by Crippen LogP contribution is 2.21. The number of carbonyl (C=O) groups excluding carboxylic acids is 3. The first-order valence-electron chi connectivity index (χ1n) is 6.88. The predicted octanol–water partition coefficient (Wildman–Crippen LogP) is -0.796. The highest BCUT2D eigenvalue weighted by molar-refractivity contribution is 5.90. The Morgan fingerprint density at radius 1 is 1.43 bits per heavy atom. The van der Waals surface area contributed by atoms with Crippen LogP contribution in [0.4, 0.5) is 4.79 Å². The van der Waals surface area contributed by atoms with Gasteiger partial charge in [0.25, 0.3) is 0 Å². The van der Waals surface area contributed by atoms with Crippen molar-refractivity contribution in [3.8, 4) is 0 Å². The molecule has 0 aromatic rings. The van der Waals surface area contributed by atoms with E-state index < -0.39 is 36.1 Å². The van der Waals surface area contributed by atoms with Crippen LogP contribution in [0.2, 0.25) is 0 Å². The number of aliphatic hydroxyl groups is 1. The second-order valence-corrected chi connectivity index (χ2v) is 5.61. The SMILES string of the molecule is COC(=O)C1CC(O)CN1C(=O)C(CC(C)C)NC(N)=O. The summed E-state index contributed by atoms with van der Waals surface area (Å²) in [5.41, 5.74) is 5.09. The average Bonchev–Trinajstić information content (AvgIpc) is 2.77. The molecule has 0 aliphatic carbocycles. The van der Waals surface area contributed by atoms with Gasteiger partial charge in [-0.15, -0.1) is 0 Å². The van der Waals surface area contributed by atoms with E-state index in [1.54, 1.807) is 0 Å². The Bertz CT molecular complexity index is 413. The van der Waals surface area contributed by atoms with Crippen molar-refractivity contribution in [3.05, 3.63) is 0 Å². The number of likely N-dealkylation sites (tertiary alicyclic amines) is 1. The van der Waals surface area contributed by atoms with Crippen LogP contribution in [0.25, 0.3) is 0 Å². The summed E-state index contributed by atoms with van der Waals surface area (Å²) in [5, 5.41) is 12.1. The molecule has 0 radical (unpaired) electrons. The van der Waals surface area contributed by atoms with Crippen LogP contribution in [0.15, 0.2) is 0 Å². The third kappa shape index (κ3) is 4.59. The minimum Gasteiger partial charge on any atom is -0.467 e. The molecule has 0 saturated carbocycles. The lowest BCUT2D eigenvalue weighted by Gasteiger charge is -2.28. The van der Waals surface area contributed by atoms with Gasteiger partial charge in [-0.2, -0.15) is 0 Å². The minimum atomic E-state index is -0.832. The number of rotatable bonds is 5. The molecule has 8 heteroatoms. The van der Waals surface area contributed by atoms with E-state index in [9.17, 15) is 19.5 Å². The van der Waals surface area contributed by atoms with Crippen molar-refractivity contribution >= 4 is 17.9 Å². The average molecular weight is 301 g/mol. The molecular weight excluding hydrogens is 278 g/mol. The van der Waals surface area contributed by atoms with E-state index in [1.165, 1.54) is 12.0 Å². The summed E-state index contributed by atoms with van der Waals surface area (Å²) in [4.78, 5) is 36.5. The van der Waals surface area contributed by atoms with Gasteiger partial charge in [0.2, 0.25) is 5.91 Å². The zero-order valence-corrected chi connectivity index (χ0v) is 12.5. The number of aliphatic hydroxyl groups excluding tert-OH is 1. The van der Waals surface area contributed by atoms with Crippen molar-refractivity contribution in [2.24, 2.45) is 11.7 Å². The molecule has 1 saturated heterocycles. The number of carbonyl (C=O) groups is 3. The summed E-state index contributed by atoms with van der Waals surface area (Å²) in [6, 6.07) is -2.45. The van der Waals surface area contributed by atoms with Gasteiger partial charge in [0.15, 0.2) is 0 Å². The highest BCUT2D eigenvalue weighted by Gasteiger charge is 2.42. The number of esters is 1. The van der Waals surface area contributed by atoms with Gasteiger partial charge >= 0.3 is 12.0 Å². The molecule has 3 amide bonds. The third-order valence-corrected chi connectivity index (χ3v) is 3.36. The van der Waals surface area contributed by atoms with E-state index in [2.05, 4.69) is 10.1 Å². The maximum atomic E-state index is 12.5. The lowest BCUT2D eigenvalue weighted by Crippen LogP contribution is -2.53. The van der Waals surface area contributed by atoms with Gasteiger partial charge in [-0.3, -0.25) is 4.79 Å². The molecule has 1 fully saturated rings. The maximum absolute atomic E-state index is 12.5. The second kappa shape index (κ2) is 7.26. The van der Waals surface area contributed by atoms with Gasteiger partial charge in [-0.05, 0) is 12.3 Å². The molecule has 8 nitrogen and oxygen atoms in total. The first-order chi connectivity index (χ1) is 9.76. The molecule has 1 rings (SSSR count). The Morgan fingerprint density at radius 3 is 2.52 bits per heavy atom. The zero-order valence-electron chi connectivity index (χ0n) is 12.5. The molecule has 0 aromatic heterocycles. The van der Waals surface area contributed by atoms with Gasteiger partial charge < -0.3 is 25.8 Å². The third-order valence-electron chi connectivity index (χ3n) is 3.36. The molecule has 1 heterocycles. The molecule has 0 aromatic carbocycles. The number of hydrogen-bond acceptors (Lipinski definition) is 5. The molecular formula is C13H23N3O5. The summed E-state index contributed by atoms with van der Waals surface area (Å²) < 4.78 is 4.65. The molecule has 21 heavy (non-hydrogen) atoms. The Balaban J connectivity index is 2.89. The van der Waals surface area contributed by atoms with E-state index in [0.29, 0.717) is 6.42 Å². The lowest BCUT2D eigenvalue weighted by molar-refractivity contribution is -0.151. The minimum absolute atomic E-state index is 0.0354. The first-order valence-corrected chi connectivity index (χ1v) is 6.88. The largest absolute Gasteiger partial charge is 0.467 e. The normalized spacial score (nSPS) is 23.0. The van der Waals surface area contributed by atoms with Crippen LogP contribution in [0.5, 0.6) is 0 Å². The summed E-state index contributed by atoms with van der Waals surface area (Å²) in [6.07, 6.45) is -0.266. The first kappa shape index (κ1) is 17.2. The summed E-state index contributed by atoms with van der Waals surface area (Å²) in [7, 11) is 1.23. The van der Waals surface area contributed by atoms with Gasteiger partial charge in [0, 0.05) is 13.0 Å². The molecule has 3 unspecified atom stereocenters. The summed E-state index contributed by atoms with van der Waals surface area (Å²) in [5.74, 6) is -0.869. The molecule has 1 aliphatic rings. The van der Waals surface area contributed by atoms with Crippen LogP contribution >= 0.6 is 0 Å². The molecule has 120 valence electrons. The molecule has 1 aliphatic heterocycles. The van der Waals surface area contributed by atoms with Gasteiger partial charge in [0.05, 0.1) is 13.2 Å². The van der Waals surface area contributed by atoms with Crippen molar-refractivity contribution in [2.75, 3.05) is 13.7 Å². The molecule has 0 spiro atoms. The number of urea groups is 1. The molecule has 0 bridgehead atoms. The summed E-state index contributed by atoms with van der Waals surface area (Å²) in [6.45, 7) is 3.84. The van der Waals surface area contributed by atoms with Crippen LogP contribution in [0, 0.1) is 5.92 Å². The number of amides is 3. The van der Waals surface area contributed by atoms with Crippen molar-refractivity contribution in [2.45, 2.75) is 44.9 Å². The van der Waals surface area contributed by atoms with Crippen molar-refractivity contribution in [1.82, 2.24) is 10.2 Å². The maximum Gasteiger partial charge on any atom is 0.328 e. The van der Waals surface area contributed by atoms with E-state index in [1.807, 2.05) is 13.8 Å². The van der Waals surface area contributed by atoms with Crippen molar-refractivity contribution in [1.29, 1.82) is 0 Å². The Labute approximate surface area is 123 Å². The number of nitrogens with two attached hydrogens (primary N) is 1. The van der Waals surface area contributed by atoms with Crippen LogP contribution in [0.1, 0.15) is 26.7 Å². The van der Waals surface area contributed by atoms with Crippen LogP contribution < -0.4 is 11.1 Å². The van der Waals surface area contributed by atoms with Crippen LogP contribution in [-0.4, -0.2) is 59.8 Å². The van der Waals surface area contributed by atoms with Gasteiger partial charge in [-0.25, -0.2) is 9.59 Å². The van der Waals surface area contributed by atoms with Crippen LogP contribution in [0.3, 0.4) is 0 Å². The van der Waals surface area contributed by atoms with Crippen molar-refractivity contribution < 1.29 is 24.2 Å². The fraction of sp³-hybridized carbons (Fsp3) is 0.769. The molecule has 3 atom stereocenters. The highest BCUT2D eigenvalue weighted by atomic mass is 16.5. The quantitative estimate of drug-likeness (QED) is 0.574. The Morgan fingerprint density at radius 2 is 2.05 bits per heavy atom. The predicted molar refractivity (Wildman–Crippen MR) is 74.1 cm³/mol. The number of hydrogen-bond donors (Lipinski definition) is 3. The number of primary amides is 1. The van der Waals surface area contributed by atoms with Gasteiger partial charge in [-0.1, -0.05) is 13.8 Å². The number of nitrogens with zero attached hydrogens (tertiary/aromatic N) is 1. The number of methoxy groups -OCH3 is 1. The molecule has 4 N–H and O–H groups in total. The Kier molecular flexibility index (Phi) is 5.95. The van der Waals surface area contributed by atoms with Gasteiger partial charge in [0.1, 0.15) is 12.1 Å². The monoisotopic (exact) mass is 301 g/mol. The van der Waals surface area contributed by atoms with E-state index >= 15 is 0 Å². The topological polar surface area (TPSA) is 122 Å². The fourth-order valence-electron chi connectivity index (χ4n) is 2.48. The number of ether oxygens (including phenoxy) is 1. The Hall–Kier alpha value is -1.83. The summed E-state index contributed by atoms with van der Waals surface area (Å²) >= 11 is 0. The van der Waals surface area contributed by atoms with E-state index in [4.69, 9.17) is 5.73 Å². The van der Waals surface area contributed by atoms with E-state index in [0.717, 1.165) is 0 Å². The van der Waals surface area contributed by atoms with Crippen molar-refractivity contribution in [3.63, 3.8) is 0 Å².